The molecular weight excluding hydrogens is 1520 g/mol. The van der Waals surface area contributed by atoms with Gasteiger partial charge in [0.2, 0.25) is 0 Å². The molecule has 8 aromatic rings. The van der Waals surface area contributed by atoms with Crippen LogP contribution in [0.25, 0.3) is 68.3 Å². The number of hydrogen-bond donors (Lipinski definition) is 0. The van der Waals surface area contributed by atoms with E-state index in [0.29, 0.717) is 23.7 Å². The molecule has 0 bridgehead atoms. The fourth-order valence-electron chi connectivity index (χ4n) is 6.62. The number of halogens is 4. The van der Waals surface area contributed by atoms with Gasteiger partial charge < -0.3 is 0 Å². The van der Waals surface area contributed by atoms with E-state index in [2.05, 4.69) is 252 Å². The van der Waals surface area contributed by atoms with Gasteiger partial charge in [-0.3, -0.25) is 0 Å². The first-order chi connectivity index (χ1) is 32.7. The van der Waals surface area contributed by atoms with Gasteiger partial charge in [-0.25, -0.2) is 0 Å². The van der Waals surface area contributed by atoms with Gasteiger partial charge in [-0.1, -0.05) is 81.1 Å². The Kier molecular flexibility index (Phi) is 21.7. The maximum absolute atomic E-state index is 2.63. The largest absolute Gasteiger partial charge is 0.142 e. The van der Waals surface area contributed by atoms with Crippen LogP contribution in [0.15, 0.2) is 78.9 Å². The first-order valence-corrected chi connectivity index (χ1v) is 37.8. The summed E-state index contributed by atoms with van der Waals surface area (Å²) in [5.41, 5.74) is 0. The zero-order chi connectivity index (χ0) is 48.2. The topological polar surface area (TPSA) is 0 Å². The summed E-state index contributed by atoms with van der Waals surface area (Å²) >= 11 is 34.3. The van der Waals surface area contributed by atoms with E-state index in [1.54, 1.807) is 0 Å². The van der Waals surface area contributed by atoms with Crippen LogP contribution >= 0.6 is 228 Å². The monoisotopic (exact) mass is 1570 g/mol. The number of thioether (sulfide) groups is 4. The molecule has 0 radical (unpaired) electrons. The molecular formula is C52H54I4S12. The van der Waals surface area contributed by atoms with Crippen LogP contribution in [-0.2, 0) is 0 Å². The minimum atomic E-state index is 0.663. The maximum atomic E-state index is 2.63. The molecule has 0 aliphatic rings. The molecule has 8 rings (SSSR count). The molecule has 4 atom stereocenters. The van der Waals surface area contributed by atoms with Gasteiger partial charge in [-0.2, -0.15) is 0 Å². The molecule has 0 aliphatic carbocycles. The van der Waals surface area contributed by atoms with Gasteiger partial charge in [0.05, 0.1) is 29.3 Å². The maximum Gasteiger partial charge on any atom is 0.0596 e. The lowest BCUT2D eigenvalue weighted by Crippen LogP contribution is -1.95. The van der Waals surface area contributed by atoms with E-state index >= 15 is 0 Å². The molecule has 8 heterocycles. The van der Waals surface area contributed by atoms with Gasteiger partial charge >= 0.3 is 0 Å². The van der Waals surface area contributed by atoms with Crippen molar-refractivity contribution in [2.45, 2.75) is 101 Å². The van der Waals surface area contributed by atoms with Crippen LogP contribution in [0.5, 0.6) is 0 Å². The van der Waals surface area contributed by atoms with E-state index in [9.17, 15) is 0 Å². The Morgan fingerprint density at radius 1 is 0.353 bits per heavy atom. The van der Waals surface area contributed by atoms with Crippen molar-refractivity contribution in [1.82, 2.24) is 0 Å². The van der Waals surface area contributed by atoms with Gasteiger partial charge in [-0.15, -0.1) is 138 Å². The average Bonchev–Trinajstić information content (AvgIpc) is 4.20. The first kappa shape index (κ1) is 56.1. The van der Waals surface area contributed by atoms with E-state index in [-0.39, 0.29) is 0 Å². The van der Waals surface area contributed by atoms with Crippen molar-refractivity contribution in [2.75, 3.05) is 23.0 Å². The summed E-state index contributed by atoms with van der Waals surface area (Å²) in [5.74, 6) is 7.27. The second-order valence-electron chi connectivity index (χ2n) is 17.3. The van der Waals surface area contributed by atoms with Crippen LogP contribution in [0, 0.1) is 38.0 Å². The van der Waals surface area contributed by atoms with Crippen molar-refractivity contribution in [3.63, 3.8) is 0 Å². The summed E-state index contributed by atoms with van der Waals surface area (Å²) < 4.78 is 5.37. The molecule has 0 aliphatic heterocycles. The van der Waals surface area contributed by atoms with E-state index in [0.717, 1.165) is 23.0 Å². The predicted octanol–water partition coefficient (Wildman–Crippen LogP) is 24.8. The molecule has 16 heteroatoms. The third-order valence-corrected chi connectivity index (χ3v) is 32.2. The number of rotatable bonds is 23. The minimum absolute atomic E-state index is 0.663. The third kappa shape index (κ3) is 13.9. The quantitative estimate of drug-likeness (QED) is 0.0462. The molecule has 0 fully saturated rings. The summed E-state index contributed by atoms with van der Waals surface area (Å²) in [6, 6.07) is 19.7. The SMILES string of the molecule is CCC(C)CSc1cc(-c2cc(I)cs2)sc1-c1sc(-c2cc(SCC(C)CC)c(-c3sc(-c4cc(I)c(-c5sc(-c6cc(I)cs6)cc5SCC(C)CC)s4)cc3SCC(C)CC)s2)cc1I. The average molecular weight is 1570 g/mol. The summed E-state index contributed by atoms with van der Waals surface area (Å²) in [5, 5.41) is 4.56. The molecule has 0 aromatic carbocycles. The van der Waals surface area contributed by atoms with E-state index in [4.69, 9.17) is 0 Å². The molecule has 68 heavy (non-hydrogen) atoms. The number of hydrogen-bond acceptors (Lipinski definition) is 12. The van der Waals surface area contributed by atoms with Gasteiger partial charge in [0.1, 0.15) is 0 Å². The van der Waals surface area contributed by atoms with Gasteiger partial charge in [-0.05, 0) is 163 Å². The Balaban J connectivity index is 1.19. The second kappa shape index (κ2) is 26.3. The summed E-state index contributed by atoms with van der Waals surface area (Å²) in [6.07, 6.45) is 4.82. The molecule has 0 amide bonds. The summed E-state index contributed by atoms with van der Waals surface area (Å²) in [4.78, 5) is 25.6. The van der Waals surface area contributed by atoms with Crippen LogP contribution in [0.2, 0.25) is 0 Å². The smallest absolute Gasteiger partial charge is 0.0596 e. The second-order valence-corrected chi connectivity index (χ2v) is 34.5. The van der Waals surface area contributed by atoms with Crippen LogP contribution in [0.1, 0.15) is 81.1 Å². The molecule has 0 N–H and O–H groups in total. The fraction of sp³-hybridized carbons (Fsp3) is 0.385. The number of thiophene rings is 8. The van der Waals surface area contributed by atoms with Crippen LogP contribution in [-0.4, -0.2) is 23.0 Å². The fourth-order valence-corrected chi connectivity index (χ4v) is 26.0. The highest BCUT2D eigenvalue weighted by molar-refractivity contribution is 14.1. The molecule has 0 saturated carbocycles. The first-order valence-electron chi connectivity index (χ1n) is 22.9. The summed E-state index contributed by atoms with van der Waals surface area (Å²) in [7, 11) is 0. The van der Waals surface area contributed by atoms with Crippen molar-refractivity contribution < 1.29 is 0 Å². The van der Waals surface area contributed by atoms with Crippen molar-refractivity contribution >= 4 is 228 Å². The highest BCUT2D eigenvalue weighted by Gasteiger charge is 2.26. The lowest BCUT2D eigenvalue weighted by atomic mass is 10.2. The highest BCUT2D eigenvalue weighted by atomic mass is 127. The van der Waals surface area contributed by atoms with Crippen LogP contribution in [0.4, 0.5) is 0 Å². The predicted molar refractivity (Wildman–Crippen MR) is 359 cm³/mol. The highest BCUT2D eigenvalue weighted by Crippen LogP contribution is 2.56. The van der Waals surface area contributed by atoms with Crippen molar-refractivity contribution in [3.8, 4) is 68.3 Å². The van der Waals surface area contributed by atoms with Gasteiger partial charge in [0, 0.05) is 107 Å². The molecule has 0 spiro atoms. The van der Waals surface area contributed by atoms with Crippen molar-refractivity contribution in [2.24, 2.45) is 23.7 Å². The minimum Gasteiger partial charge on any atom is -0.142 e. The molecule has 4 unspecified atom stereocenters. The van der Waals surface area contributed by atoms with Crippen molar-refractivity contribution in [1.29, 1.82) is 0 Å². The standard InChI is InChI=1S/C52H54I4S12/c1-9-27(5)21-57-43-17-39(35-13-31(53)25-61-35)65-49(43)47-33(55)15-37(63-47)41-19-45(59-23-29(7)11-3)51(67-41)52-46(60-24-30(8)12-4)20-42(68-52)38-16-34(56)48(64-38)50-44(58-22-28(6)10-2)18-40(66-50)36-14-32(54)26-62-36/h13-20,25-30H,9-12,21-24H2,1-8H3. The lowest BCUT2D eigenvalue weighted by molar-refractivity contribution is 0.637. The zero-order valence-corrected chi connectivity index (χ0v) is 57.6. The Hall–Kier alpha value is 1.92. The van der Waals surface area contributed by atoms with E-state index in [1.807, 2.05) is 90.7 Å². The third-order valence-electron chi connectivity index (χ3n) is 11.8. The molecule has 8 aromatic heterocycles. The summed E-state index contributed by atoms with van der Waals surface area (Å²) in [6.45, 7) is 18.9. The molecule has 0 nitrogen and oxygen atoms in total. The van der Waals surface area contributed by atoms with Crippen LogP contribution in [0.3, 0.4) is 0 Å². The Morgan fingerprint density at radius 3 is 0.868 bits per heavy atom. The van der Waals surface area contributed by atoms with Crippen molar-refractivity contribution in [3.05, 3.63) is 73.6 Å². The lowest BCUT2D eigenvalue weighted by Gasteiger charge is -2.10. The van der Waals surface area contributed by atoms with E-state index < -0.39 is 0 Å². The molecule has 0 saturated heterocycles. The Labute approximate surface area is 509 Å². The van der Waals surface area contributed by atoms with Crippen LogP contribution < -0.4 is 0 Å². The zero-order valence-electron chi connectivity index (χ0n) is 39.2. The molecule has 362 valence electrons. The van der Waals surface area contributed by atoms with E-state index in [1.165, 1.54) is 128 Å². The Bertz CT molecular complexity index is 2720. The normalized spacial score (nSPS) is 13.8. The van der Waals surface area contributed by atoms with Gasteiger partial charge in [0.15, 0.2) is 0 Å². The Morgan fingerprint density at radius 2 is 0.603 bits per heavy atom. The van der Waals surface area contributed by atoms with Gasteiger partial charge in [0.25, 0.3) is 0 Å².